The highest BCUT2D eigenvalue weighted by Gasteiger charge is 1.90. The molecule has 3 heteroatoms. The maximum Gasteiger partial charge on any atom is 0.198 e. The molecular formula is C3H6F2O. The van der Waals surface area contributed by atoms with Gasteiger partial charge < -0.3 is 4.74 Å². The second kappa shape index (κ2) is 3.03. The van der Waals surface area contributed by atoms with Crippen LogP contribution in [0.5, 0.6) is 0 Å². The van der Waals surface area contributed by atoms with E-state index in [0.29, 0.717) is 0 Å². The number of hydrogen-bond acceptors (Lipinski definition) is 1. The minimum absolute atomic E-state index is 0.812. The summed E-state index contributed by atoms with van der Waals surface area (Å²) in [6.45, 7) is -0.441. The third-order valence-corrected chi connectivity index (χ3v) is 0.253. The molecule has 0 bridgehead atoms. The highest BCUT2D eigenvalue weighted by atomic mass is 19.2. The van der Waals surface area contributed by atoms with Crippen molar-refractivity contribution in [1.82, 2.24) is 0 Å². The SMILES string of the molecule is [2H]C(C)(F)OCF. The van der Waals surface area contributed by atoms with E-state index < -0.39 is 13.2 Å². The van der Waals surface area contributed by atoms with E-state index in [-0.39, 0.29) is 0 Å². The summed E-state index contributed by atoms with van der Waals surface area (Å²) in [7, 11) is 0. The lowest BCUT2D eigenvalue weighted by molar-refractivity contribution is -0.0648. The second-order valence-electron chi connectivity index (χ2n) is 0.724. The van der Waals surface area contributed by atoms with Crippen LogP contribution >= 0.6 is 0 Å². The van der Waals surface area contributed by atoms with Crippen LogP contribution in [0.15, 0.2) is 0 Å². The van der Waals surface area contributed by atoms with Gasteiger partial charge in [0.05, 0.1) is 1.37 Å². The number of halogens is 2. The van der Waals surface area contributed by atoms with Gasteiger partial charge >= 0.3 is 0 Å². The van der Waals surface area contributed by atoms with Gasteiger partial charge in [-0.05, 0) is 6.92 Å². The van der Waals surface area contributed by atoms with E-state index in [1.54, 1.807) is 0 Å². The molecule has 0 aromatic rings. The van der Waals surface area contributed by atoms with Gasteiger partial charge in [-0.2, -0.15) is 0 Å². The summed E-state index contributed by atoms with van der Waals surface area (Å²) >= 11 is 0. The molecule has 0 aliphatic carbocycles. The van der Waals surface area contributed by atoms with E-state index in [2.05, 4.69) is 4.74 Å². The summed E-state index contributed by atoms with van der Waals surface area (Å²) in [6, 6.07) is 0. The van der Waals surface area contributed by atoms with E-state index >= 15 is 0 Å². The zero-order chi connectivity index (χ0) is 5.91. The zero-order valence-electron chi connectivity index (χ0n) is 4.37. The summed E-state index contributed by atoms with van der Waals surface area (Å²) < 4.78 is 32.3. The van der Waals surface area contributed by atoms with Gasteiger partial charge in [-0.1, -0.05) is 0 Å². The Bertz CT molecular complexity index is 51.4. The van der Waals surface area contributed by atoms with Crippen LogP contribution in [0.3, 0.4) is 0 Å². The standard InChI is InChI=1S/C3H6F2O/c1-3(5)6-2-4/h3H,2H2,1H3/i3D. The van der Waals surface area contributed by atoms with Crippen molar-refractivity contribution in [2.24, 2.45) is 0 Å². The molecule has 1 unspecified atom stereocenters. The summed E-state index contributed by atoms with van der Waals surface area (Å²) in [5.41, 5.74) is 0. The summed E-state index contributed by atoms with van der Waals surface area (Å²) in [5, 5.41) is 0. The largest absolute Gasteiger partial charge is 0.317 e. The molecule has 0 aromatic heterocycles. The van der Waals surface area contributed by atoms with Crippen LogP contribution in [-0.4, -0.2) is 13.2 Å². The molecule has 0 spiro atoms. The molecule has 0 rings (SSSR count). The number of alkyl halides is 2. The first-order chi connectivity index (χ1) is 3.06. The van der Waals surface area contributed by atoms with E-state index in [1.165, 1.54) is 0 Å². The summed E-state index contributed by atoms with van der Waals surface area (Å²) in [6.07, 6.45) is -2.57. The highest BCUT2D eigenvalue weighted by molar-refractivity contribution is 4.14. The first-order valence-corrected chi connectivity index (χ1v) is 1.45. The molecule has 0 aliphatic heterocycles. The lowest BCUT2D eigenvalue weighted by Crippen LogP contribution is -1.96. The fourth-order valence-electron chi connectivity index (χ4n) is 0.0752. The summed E-state index contributed by atoms with van der Waals surface area (Å²) in [4.78, 5) is 0. The second-order valence-corrected chi connectivity index (χ2v) is 0.724. The average molecular weight is 97.1 g/mol. The maximum absolute atomic E-state index is 11.6. The molecule has 0 saturated carbocycles. The Morgan fingerprint density at radius 2 is 2.67 bits per heavy atom. The van der Waals surface area contributed by atoms with Crippen molar-refractivity contribution in [1.29, 1.82) is 0 Å². The summed E-state index contributed by atoms with van der Waals surface area (Å²) in [5.74, 6) is 0. The predicted molar refractivity (Wildman–Crippen MR) is 17.6 cm³/mol. The van der Waals surface area contributed by atoms with Gasteiger partial charge in [0.25, 0.3) is 0 Å². The normalized spacial score (nSPS) is 22.2. The molecule has 0 N–H and O–H groups in total. The van der Waals surface area contributed by atoms with E-state index in [9.17, 15) is 8.78 Å². The van der Waals surface area contributed by atoms with Crippen molar-refractivity contribution >= 4 is 0 Å². The molecule has 0 saturated heterocycles. The van der Waals surface area contributed by atoms with Gasteiger partial charge in [-0.15, -0.1) is 0 Å². The van der Waals surface area contributed by atoms with Crippen LogP contribution in [0, 0.1) is 0 Å². The van der Waals surface area contributed by atoms with E-state index in [4.69, 9.17) is 1.37 Å². The van der Waals surface area contributed by atoms with Gasteiger partial charge in [0.2, 0.25) is 0 Å². The molecule has 0 heterocycles. The highest BCUT2D eigenvalue weighted by Crippen LogP contribution is 1.88. The van der Waals surface area contributed by atoms with Crippen LogP contribution in [-0.2, 0) is 4.74 Å². The first kappa shape index (κ1) is 3.99. The minimum atomic E-state index is -2.57. The smallest absolute Gasteiger partial charge is 0.198 e. The van der Waals surface area contributed by atoms with Crippen molar-refractivity contribution in [3.05, 3.63) is 0 Å². The third kappa shape index (κ3) is 3.82. The lowest BCUT2D eigenvalue weighted by Gasteiger charge is -1.93. The van der Waals surface area contributed by atoms with Gasteiger partial charge in [0.1, 0.15) is 0 Å². The fourth-order valence-corrected chi connectivity index (χ4v) is 0.0752. The number of ether oxygens (including phenoxy) is 1. The molecule has 38 valence electrons. The Morgan fingerprint density at radius 3 is 2.67 bits per heavy atom. The first-order valence-electron chi connectivity index (χ1n) is 1.95. The molecule has 1 nitrogen and oxygen atoms in total. The van der Waals surface area contributed by atoms with Gasteiger partial charge in [-0.25, -0.2) is 8.78 Å². The van der Waals surface area contributed by atoms with Crippen LogP contribution in [0.25, 0.3) is 0 Å². The maximum atomic E-state index is 11.6. The monoisotopic (exact) mass is 97.0 g/mol. The van der Waals surface area contributed by atoms with Crippen LogP contribution < -0.4 is 0 Å². The molecule has 0 aromatic carbocycles. The van der Waals surface area contributed by atoms with E-state index in [1.807, 2.05) is 0 Å². The van der Waals surface area contributed by atoms with Crippen molar-refractivity contribution < 1.29 is 14.9 Å². The number of hydrogen-bond donors (Lipinski definition) is 0. The quantitative estimate of drug-likeness (QED) is 0.503. The van der Waals surface area contributed by atoms with Gasteiger partial charge in [0.15, 0.2) is 13.2 Å². The van der Waals surface area contributed by atoms with Crippen molar-refractivity contribution in [3.8, 4) is 0 Å². The topological polar surface area (TPSA) is 9.23 Å². The van der Waals surface area contributed by atoms with Crippen molar-refractivity contribution in [3.63, 3.8) is 0 Å². The molecule has 0 aliphatic rings. The molecule has 0 amide bonds. The Morgan fingerprint density at radius 1 is 2.17 bits per heavy atom. The minimum Gasteiger partial charge on any atom is -0.317 e. The van der Waals surface area contributed by atoms with Crippen LogP contribution in [0.4, 0.5) is 8.78 Å². The molecule has 0 radical (unpaired) electrons. The molecule has 1 atom stereocenters. The zero-order valence-corrected chi connectivity index (χ0v) is 3.37. The van der Waals surface area contributed by atoms with Crippen molar-refractivity contribution in [2.45, 2.75) is 13.3 Å². The van der Waals surface area contributed by atoms with Gasteiger partial charge in [-0.3, -0.25) is 0 Å². The fraction of sp³-hybridized carbons (Fsp3) is 1.00. The Balaban J connectivity index is 3.15. The van der Waals surface area contributed by atoms with E-state index in [0.717, 1.165) is 6.92 Å². The predicted octanol–water partition coefficient (Wildman–Crippen LogP) is 1.25. The van der Waals surface area contributed by atoms with Gasteiger partial charge in [0, 0.05) is 0 Å². The Labute approximate surface area is 36.3 Å². The Hall–Kier alpha value is -0.180. The van der Waals surface area contributed by atoms with Crippen LogP contribution in [0.1, 0.15) is 8.29 Å². The molecule has 6 heavy (non-hydrogen) atoms. The van der Waals surface area contributed by atoms with Crippen LogP contribution in [0.2, 0.25) is 0 Å². The van der Waals surface area contributed by atoms with Crippen molar-refractivity contribution in [2.75, 3.05) is 6.86 Å². The Kier molecular flexibility index (Phi) is 2.01. The lowest BCUT2D eigenvalue weighted by atomic mass is 10.8. The average Bonchev–Trinajstić information content (AvgIpc) is 1.30. The number of rotatable bonds is 2. The molecular weight excluding hydrogens is 90.0 g/mol. The molecule has 0 fully saturated rings. The third-order valence-electron chi connectivity index (χ3n) is 0.253.